The van der Waals surface area contributed by atoms with Crippen molar-refractivity contribution < 1.29 is 18.8 Å². The number of fused-ring (bicyclic) bond motifs is 3. The van der Waals surface area contributed by atoms with Gasteiger partial charge in [0.15, 0.2) is 0 Å². The Hall–Kier alpha value is -2.48. The molecule has 8 heteroatoms. The molecule has 0 radical (unpaired) electrons. The second kappa shape index (κ2) is 6.44. The maximum absolute atomic E-state index is 12.2. The van der Waals surface area contributed by atoms with Crippen LogP contribution in [-0.4, -0.2) is 42.1 Å². The molecule has 1 aromatic heterocycles. The van der Waals surface area contributed by atoms with E-state index in [9.17, 15) is 9.59 Å². The second-order valence-electron chi connectivity index (χ2n) is 6.02. The Morgan fingerprint density at radius 1 is 1.44 bits per heavy atom. The number of benzene rings is 1. The largest absolute Gasteiger partial charge is 0.442 e. The number of amides is 2. The second-order valence-corrected chi connectivity index (χ2v) is 7.09. The Morgan fingerprint density at radius 3 is 3.16 bits per heavy atom. The van der Waals surface area contributed by atoms with Gasteiger partial charge in [0.25, 0.3) is 0 Å². The average molecular weight is 359 g/mol. The fraction of sp³-hybridized carbons (Fsp3) is 0.353. The van der Waals surface area contributed by atoms with Gasteiger partial charge in [-0.15, -0.1) is 0 Å². The summed E-state index contributed by atoms with van der Waals surface area (Å²) in [6.07, 6.45) is 1.90. The summed E-state index contributed by atoms with van der Waals surface area (Å²) in [5.74, 6) is 0.760. The van der Waals surface area contributed by atoms with Crippen LogP contribution in [0.2, 0.25) is 0 Å². The van der Waals surface area contributed by atoms with E-state index in [-0.39, 0.29) is 18.1 Å². The lowest BCUT2D eigenvalue weighted by Gasteiger charge is -2.16. The number of nitrogens with one attached hydrogen (secondary N) is 1. The number of rotatable bonds is 3. The van der Waals surface area contributed by atoms with Gasteiger partial charge in [-0.1, -0.05) is 23.0 Å². The topological polar surface area (TPSA) is 84.7 Å². The van der Waals surface area contributed by atoms with Crippen LogP contribution in [0.15, 0.2) is 34.0 Å². The van der Waals surface area contributed by atoms with Crippen LogP contribution < -0.4 is 10.2 Å². The summed E-state index contributed by atoms with van der Waals surface area (Å²) in [5.41, 5.74) is 4.05. The van der Waals surface area contributed by atoms with Crippen molar-refractivity contribution in [2.75, 3.05) is 23.7 Å². The third-order valence-electron chi connectivity index (χ3n) is 4.29. The Labute approximate surface area is 148 Å². The Bertz CT molecular complexity index is 835. The summed E-state index contributed by atoms with van der Waals surface area (Å²) in [7, 11) is 0. The first-order valence-corrected chi connectivity index (χ1v) is 9.04. The van der Waals surface area contributed by atoms with Crippen molar-refractivity contribution in [3.8, 4) is 11.1 Å². The molecule has 2 aliphatic heterocycles. The summed E-state index contributed by atoms with van der Waals surface area (Å²) in [4.78, 5) is 24.8. The summed E-state index contributed by atoms with van der Waals surface area (Å²) in [5, 5.41) is 7.40. The molecule has 1 saturated heterocycles. The van der Waals surface area contributed by atoms with Crippen LogP contribution in [0, 0.1) is 0 Å². The van der Waals surface area contributed by atoms with Crippen LogP contribution >= 0.6 is 11.8 Å². The van der Waals surface area contributed by atoms with E-state index in [0.29, 0.717) is 13.1 Å². The molecule has 0 bridgehead atoms. The molecule has 1 atom stereocenters. The zero-order valence-electron chi connectivity index (χ0n) is 13.7. The van der Waals surface area contributed by atoms with Crippen molar-refractivity contribution >= 4 is 29.4 Å². The third kappa shape index (κ3) is 3.09. The highest BCUT2D eigenvalue weighted by molar-refractivity contribution is 7.99. The summed E-state index contributed by atoms with van der Waals surface area (Å²) >= 11 is 1.65. The molecule has 4 rings (SSSR count). The number of thioether (sulfide) groups is 1. The van der Waals surface area contributed by atoms with Gasteiger partial charge in [0.2, 0.25) is 11.0 Å². The molecule has 1 N–H and O–H groups in total. The molecule has 0 aliphatic carbocycles. The molecule has 7 nitrogen and oxygen atoms in total. The number of nitrogens with zero attached hydrogens (tertiary/aromatic N) is 2. The van der Waals surface area contributed by atoms with Crippen molar-refractivity contribution in [1.29, 1.82) is 0 Å². The maximum atomic E-state index is 12.2. The zero-order valence-corrected chi connectivity index (χ0v) is 14.5. The summed E-state index contributed by atoms with van der Waals surface area (Å²) < 4.78 is 10.6. The van der Waals surface area contributed by atoms with Gasteiger partial charge in [0.05, 0.1) is 24.8 Å². The number of ether oxygens (including phenoxy) is 1. The molecule has 0 unspecified atom stereocenters. The molecule has 2 aliphatic rings. The lowest BCUT2D eigenvalue weighted by Crippen LogP contribution is -2.33. The number of aryl methyl sites for hydroxylation is 1. The lowest BCUT2D eigenvalue weighted by atomic mass is 9.99. The van der Waals surface area contributed by atoms with E-state index in [1.807, 2.05) is 18.2 Å². The Kier molecular flexibility index (Phi) is 4.12. The van der Waals surface area contributed by atoms with Crippen LogP contribution in [0.1, 0.15) is 12.5 Å². The van der Waals surface area contributed by atoms with Gasteiger partial charge in [0.1, 0.15) is 6.10 Å². The number of hydrogen-bond acceptors (Lipinski definition) is 6. The molecule has 1 fully saturated rings. The lowest BCUT2D eigenvalue weighted by molar-refractivity contribution is -0.119. The first-order valence-electron chi connectivity index (χ1n) is 8.05. The summed E-state index contributed by atoms with van der Waals surface area (Å²) in [6.45, 7) is 2.19. The van der Waals surface area contributed by atoms with E-state index in [1.165, 1.54) is 6.92 Å². The molecular formula is C17H17N3O4S. The number of carbonyl (C=O) groups is 2. The standard InChI is InChI=1S/C17H17N3O4S/c1-10(21)18-7-13-9-20(17(22)23-13)12-2-3-14-11(6-12)4-5-25-16-15(14)8-19-24-16/h2-3,6,8,13H,4-5,7,9H2,1H3,(H,18,21)/t13-/m0/s1. The number of aromatic nitrogens is 1. The Morgan fingerprint density at radius 2 is 2.32 bits per heavy atom. The minimum Gasteiger partial charge on any atom is -0.442 e. The first-order chi connectivity index (χ1) is 12.1. The van der Waals surface area contributed by atoms with Crippen molar-refractivity contribution in [1.82, 2.24) is 10.5 Å². The molecule has 25 heavy (non-hydrogen) atoms. The monoisotopic (exact) mass is 359 g/mol. The van der Waals surface area contributed by atoms with E-state index in [0.717, 1.165) is 39.6 Å². The van der Waals surface area contributed by atoms with Gasteiger partial charge in [0, 0.05) is 18.4 Å². The number of anilines is 1. The van der Waals surface area contributed by atoms with Crippen LogP contribution in [0.4, 0.5) is 10.5 Å². The van der Waals surface area contributed by atoms with E-state index in [4.69, 9.17) is 9.26 Å². The van der Waals surface area contributed by atoms with E-state index in [2.05, 4.69) is 10.5 Å². The van der Waals surface area contributed by atoms with Crippen molar-refractivity contribution in [3.05, 3.63) is 30.0 Å². The average Bonchev–Trinajstić information content (AvgIpc) is 3.15. The van der Waals surface area contributed by atoms with E-state index in [1.54, 1.807) is 22.9 Å². The predicted molar refractivity (Wildman–Crippen MR) is 92.7 cm³/mol. The molecule has 130 valence electrons. The minimum atomic E-state index is -0.385. The van der Waals surface area contributed by atoms with Gasteiger partial charge in [-0.2, -0.15) is 0 Å². The van der Waals surface area contributed by atoms with Gasteiger partial charge in [-0.3, -0.25) is 9.69 Å². The van der Waals surface area contributed by atoms with Crippen molar-refractivity contribution in [3.63, 3.8) is 0 Å². The first kappa shape index (κ1) is 16.0. The summed E-state index contributed by atoms with van der Waals surface area (Å²) in [6, 6.07) is 5.94. The molecule has 2 amide bonds. The molecular weight excluding hydrogens is 342 g/mol. The van der Waals surface area contributed by atoms with Crippen LogP contribution in [0.25, 0.3) is 11.1 Å². The Balaban J connectivity index is 1.58. The third-order valence-corrected chi connectivity index (χ3v) is 5.25. The highest BCUT2D eigenvalue weighted by atomic mass is 32.2. The van der Waals surface area contributed by atoms with E-state index < -0.39 is 0 Å². The minimum absolute atomic E-state index is 0.137. The van der Waals surface area contributed by atoms with Crippen molar-refractivity contribution in [2.45, 2.75) is 24.5 Å². The van der Waals surface area contributed by atoms with Crippen LogP contribution in [-0.2, 0) is 16.0 Å². The highest BCUT2D eigenvalue weighted by Gasteiger charge is 2.33. The normalized spacial score (nSPS) is 19.0. The predicted octanol–water partition coefficient (Wildman–Crippen LogP) is 2.45. The molecule has 0 spiro atoms. The maximum Gasteiger partial charge on any atom is 0.414 e. The smallest absolute Gasteiger partial charge is 0.414 e. The van der Waals surface area contributed by atoms with Gasteiger partial charge in [-0.25, -0.2) is 4.79 Å². The zero-order chi connectivity index (χ0) is 17.4. The highest BCUT2D eigenvalue weighted by Crippen LogP contribution is 2.39. The SMILES string of the molecule is CC(=O)NC[C@H]1CN(c2ccc3c(c2)CCSc2oncc2-3)C(=O)O1. The number of cyclic esters (lactones) is 1. The molecule has 0 saturated carbocycles. The van der Waals surface area contributed by atoms with Crippen molar-refractivity contribution in [2.24, 2.45) is 0 Å². The van der Waals surface area contributed by atoms with Gasteiger partial charge >= 0.3 is 6.09 Å². The quantitative estimate of drug-likeness (QED) is 0.906. The molecule has 1 aromatic carbocycles. The number of carbonyl (C=O) groups excluding carboxylic acids is 2. The molecule has 2 aromatic rings. The fourth-order valence-corrected chi connectivity index (χ4v) is 4.00. The fourth-order valence-electron chi connectivity index (χ4n) is 3.08. The van der Waals surface area contributed by atoms with Crippen LogP contribution in [0.3, 0.4) is 0 Å². The van der Waals surface area contributed by atoms with Gasteiger partial charge < -0.3 is 14.6 Å². The molecule has 3 heterocycles. The number of hydrogen-bond donors (Lipinski definition) is 1. The van der Waals surface area contributed by atoms with E-state index >= 15 is 0 Å². The van der Waals surface area contributed by atoms with Crippen LogP contribution in [0.5, 0.6) is 0 Å². The van der Waals surface area contributed by atoms with Gasteiger partial charge in [-0.05, 0) is 29.7 Å².